The maximum Gasteiger partial charge on any atom is 0.212 e. The Bertz CT molecular complexity index is 435. The molecule has 2 unspecified atom stereocenters. The average Bonchev–Trinajstić information content (AvgIpc) is 2.28. The van der Waals surface area contributed by atoms with Crippen molar-refractivity contribution in [1.29, 1.82) is 0 Å². The molecule has 2 atom stereocenters. The van der Waals surface area contributed by atoms with Gasteiger partial charge < -0.3 is 5.32 Å². The van der Waals surface area contributed by atoms with Crippen LogP contribution in [0, 0.1) is 0 Å². The van der Waals surface area contributed by atoms with Crippen LogP contribution in [0.25, 0.3) is 0 Å². The molecule has 0 saturated heterocycles. The number of anilines is 1. The summed E-state index contributed by atoms with van der Waals surface area (Å²) in [7, 11) is -1.02. The maximum absolute atomic E-state index is 11.3. The van der Waals surface area contributed by atoms with Gasteiger partial charge in [-0.1, -0.05) is 18.3 Å². The van der Waals surface area contributed by atoms with Crippen molar-refractivity contribution in [3.8, 4) is 0 Å². The lowest BCUT2D eigenvalue weighted by molar-refractivity contribution is -0.105. The highest BCUT2D eigenvalue weighted by molar-refractivity contribution is 7.89. The summed E-state index contributed by atoms with van der Waals surface area (Å²) in [6.45, 7) is 1.79. The highest BCUT2D eigenvalue weighted by Crippen LogP contribution is 2.10. The number of carbonyl (C=O) groups excluding carboxylic acids is 1. The molecule has 0 aliphatic carbocycles. The van der Waals surface area contributed by atoms with E-state index in [1.165, 1.54) is 0 Å². The normalized spacial score (nSPS) is 13.9. The molecular weight excluding hydrogens is 244 g/mol. The third kappa shape index (κ3) is 3.18. The summed E-state index contributed by atoms with van der Waals surface area (Å²) >= 11 is 5.19. The number of hydrogen-bond acceptors (Lipinski definition) is 4. The van der Waals surface area contributed by atoms with Crippen molar-refractivity contribution in [1.82, 2.24) is 4.98 Å². The minimum absolute atomic E-state index is 0.228. The monoisotopic (exact) mass is 256 g/mol. The standard InChI is InChI=1S/C10H12N2O2S2/c1-7(16(2)14)10(15)8-4-3-5-9(12-8)11-6-13/h3-7H,1-2H3,(H,11,12,13). The van der Waals surface area contributed by atoms with E-state index in [0.717, 1.165) is 0 Å². The van der Waals surface area contributed by atoms with Gasteiger partial charge in [0, 0.05) is 17.1 Å². The molecule has 1 amide bonds. The van der Waals surface area contributed by atoms with Crippen LogP contribution in [0.1, 0.15) is 12.6 Å². The second kappa shape index (κ2) is 5.81. The minimum Gasteiger partial charge on any atom is -0.313 e. The molecule has 0 bridgehead atoms. The molecule has 16 heavy (non-hydrogen) atoms. The summed E-state index contributed by atoms with van der Waals surface area (Å²) < 4.78 is 11.3. The first-order chi connectivity index (χ1) is 7.56. The van der Waals surface area contributed by atoms with E-state index in [2.05, 4.69) is 10.3 Å². The number of carbonyl (C=O) groups is 1. The molecule has 0 aliphatic rings. The van der Waals surface area contributed by atoms with Gasteiger partial charge in [0.1, 0.15) is 5.82 Å². The lowest BCUT2D eigenvalue weighted by Crippen LogP contribution is -2.22. The molecule has 0 saturated carbocycles. The van der Waals surface area contributed by atoms with Gasteiger partial charge in [-0.25, -0.2) is 4.98 Å². The molecule has 1 N–H and O–H groups in total. The first kappa shape index (κ1) is 12.9. The van der Waals surface area contributed by atoms with Gasteiger partial charge in [-0.2, -0.15) is 0 Å². The maximum atomic E-state index is 11.3. The molecule has 1 heterocycles. The van der Waals surface area contributed by atoms with Gasteiger partial charge in [-0.15, -0.1) is 0 Å². The van der Waals surface area contributed by atoms with Gasteiger partial charge >= 0.3 is 0 Å². The van der Waals surface area contributed by atoms with Crippen molar-refractivity contribution in [3.63, 3.8) is 0 Å². The predicted molar refractivity (Wildman–Crippen MR) is 69.2 cm³/mol. The number of thiocarbonyl (C=S) groups is 1. The van der Waals surface area contributed by atoms with Crippen molar-refractivity contribution in [2.45, 2.75) is 12.2 Å². The molecule has 0 aliphatic heterocycles. The molecule has 0 radical (unpaired) electrons. The van der Waals surface area contributed by atoms with Gasteiger partial charge in [0.15, 0.2) is 0 Å². The first-order valence-electron chi connectivity index (χ1n) is 4.60. The zero-order valence-corrected chi connectivity index (χ0v) is 10.6. The molecular formula is C10H12N2O2S2. The Kier molecular flexibility index (Phi) is 4.70. The molecule has 0 aromatic carbocycles. The number of rotatable bonds is 5. The smallest absolute Gasteiger partial charge is 0.212 e. The van der Waals surface area contributed by atoms with Gasteiger partial charge in [0.25, 0.3) is 0 Å². The van der Waals surface area contributed by atoms with Crippen LogP contribution in [0.3, 0.4) is 0 Å². The fraction of sp³-hybridized carbons (Fsp3) is 0.300. The summed E-state index contributed by atoms with van der Waals surface area (Å²) in [4.78, 5) is 15.0. The zero-order valence-electron chi connectivity index (χ0n) is 8.97. The van der Waals surface area contributed by atoms with E-state index in [4.69, 9.17) is 12.2 Å². The van der Waals surface area contributed by atoms with Crippen molar-refractivity contribution in [3.05, 3.63) is 23.9 Å². The van der Waals surface area contributed by atoms with Crippen molar-refractivity contribution >= 4 is 40.1 Å². The first-order valence-corrected chi connectivity index (χ1v) is 6.63. The number of hydrogen-bond donors (Lipinski definition) is 1. The lowest BCUT2D eigenvalue weighted by Gasteiger charge is -2.10. The number of nitrogens with zero attached hydrogens (tertiary/aromatic N) is 1. The predicted octanol–water partition coefficient (Wildman–Crippen LogP) is 1.13. The third-order valence-electron chi connectivity index (χ3n) is 2.08. The molecule has 4 nitrogen and oxygen atoms in total. The van der Waals surface area contributed by atoms with Crippen LogP contribution in [-0.2, 0) is 15.6 Å². The van der Waals surface area contributed by atoms with Crippen molar-refractivity contribution < 1.29 is 9.00 Å². The van der Waals surface area contributed by atoms with Crippen LogP contribution < -0.4 is 5.32 Å². The van der Waals surface area contributed by atoms with E-state index in [-0.39, 0.29) is 5.25 Å². The summed E-state index contributed by atoms with van der Waals surface area (Å²) in [5, 5.41) is 2.22. The molecule has 0 spiro atoms. The van der Waals surface area contributed by atoms with E-state index >= 15 is 0 Å². The quantitative estimate of drug-likeness (QED) is 0.487. The Morgan fingerprint density at radius 1 is 1.62 bits per heavy atom. The largest absolute Gasteiger partial charge is 0.313 e. The number of amides is 1. The Hall–Kier alpha value is -1.14. The van der Waals surface area contributed by atoms with E-state index in [0.29, 0.717) is 22.8 Å². The molecule has 6 heteroatoms. The number of aromatic nitrogens is 1. The number of pyridine rings is 1. The summed E-state index contributed by atoms with van der Waals surface area (Å²) in [6, 6.07) is 5.14. The van der Waals surface area contributed by atoms with E-state index in [1.807, 2.05) is 0 Å². The molecule has 1 rings (SSSR count). The molecule has 1 aromatic heterocycles. The fourth-order valence-electron chi connectivity index (χ4n) is 1.07. The van der Waals surface area contributed by atoms with Gasteiger partial charge in [-0.05, 0) is 19.1 Å². The van der Waals surface area contributed by atoms with Crippen molar-refractivity contribution in [2.24, 2.45) is 0 Å². The Morgan fingerprint density at radius 2 is 2.31 bits per heavy atom. The average molecular weight is 256 g/mol. The summed E-state index contributed by atoms with van der Waals surface area (Å²) in [5.74, 6) is 0.434. The van der Waals surface area contributed by atoms with Crippen LogP contribution in [0.5, 0.6) is 0 Å². The highest BCUT2D eigenvalue weighted by Gasteiger charge is 2.15. The molecule has 86 valence electrons. The SMILES string of the molecule is CC(C(=S)c1cccc(NC=O)n1)S(C)=O. The van der Waals surface area contributed by atoms with E-state index in [1.54, 1.807) is 31.4 Å². The van der Waals surface area contributed by atoms with Crippen LogP contribution in [0.2, 0.25) is 0 Å². The summed E-state index contributed by atoms with van der Waals surface area (Å²) in [6.07, 6.45) is 2.15. The Morgan fingerprint density at radius 3 is 2.88 bits per heavy atom. The van der Waals surface area contributed by atoms with Crippen LogP contribution in [0.4, 0.5) is 5.82 Å². The Labute approximate surface area is 102 Å². The topological polar surface area (TPSA) is 59.1 Å². The minimum atomic E-state index is -1.02. The van der Waals surface area contributed by atoms with Gasteiger partial charge in [0.05, 0.1) is 15.8 Å². The van der Waals surface area contributed by atoms with Crippen LogP contribution in [0.15, 0.2) is 18.2 Å². The molecule has 0 fully saturated rings. The van der Waals surface area contributed by atoms with Crippen molar-refractivity contribution in [2.75, 3.05) is 11.6 Å². The zero-order chi connectivity index (χ0) is 12.1. The van der Waals surface area contributed by atoms with Crippen LogP contribution in [-0.4, -0.2) is 32.0 Å². The lowest BCUT2D eigenvalue weighted by atomic mass is 10.2. The van der Waals surface area contributed by atoms with E-state index in [9.17, 15) is 9.00 Å². The highest BCUT2D eigenvalue weighted by atomic mass is 32.2. The molecule has 1 aromatic rings. The second-order valence-corrected chi connectivity index (χ2v) is 5.32. The van der Waals surface area contributed by atoms with E-state index < -0.39 is 10.8 Å². The third-order valence-corrected chi connectivity index (χ3v) is 4.02. The fourth-order valence-corrected chi connectivity index (χ4v) is 2.01. The van der Waals surface area contributed by atoms with Gasteiger partial charge in [0.2, 0.25) is 6.41 Å². The second-order valence-electron chi connectivity index (χ2n) is 3.18. The number of nitrogens with one attached hydrogen (secondary N) is 1. The van der Waals surface area contributed by atoms with Crippen LogP contribution >= 0.6 is 12.2 Å². The summed E-state index contributed by atoms with van der Waals surface area (Å²) in [5.41, 5.74) is 0.574. The van der Waals surface area contributed by atoms with Gasteiger partial charge in [-0.3, -0.25) is 9.00 Å². The Balaban J connectivity index is 2.95.